The Balaban J connectivity index is 1.67. The number of rotatable bonds is 5. The highest BCUT2D eigenvalue weighted by atomic mass is 16.2. The number of amides is 1. The molecular weight excluding hydrogens is 340 g/mol. The number of likely N-dealkylation sites (N-methyl/N-ethyl adjacent to an activating group) is 1. The number of piperazine rings is 1. The molecule has 4 rings (SSSR count). The van der Waals surface area contributed by atoms with Gasteiger partial charge in [0.15, 0.2) is 5.82 Å². The highest BCUT2D eigenvalue weighted by Crippen LogP contribution is 2.30. The summed E-state index contributed by atoms with van der Waals surface area (Å²) in [6.45, 7) is 4.59. The van der Waals surface area contributed by atoms with E-state index in [1.807, 2.05) is 12.1 Å². The molecule has 1 saturated carbocycles. The topological polar surface area (TPSA) is 75.9 Å². The first-order valence-electron chi connectivity index (χ1n) is 10.1. The number of carbonyl (C=O) groups excluding carboxylic acids is 1. The molecule has 2 fully saturated rings. The molecule has 1 amide bonds. The summed E-state index contributed by atoms with van der Waals surface area (Å²) in [5, 5.41) is 7.88. The Morgan fingerprint density at radius 2 is 1.96 bits per heavy atom. The second-order valence-electron chi connectivity index (χ2n) is 7.46. The van der Waals surface area contributed by atoms with Gasteiger partial charge in [0.05, 0.1) is 12.1 Å². The first-order chi connectivity index (χ1) is 13.3. The highest BCUT2D eigenvalue weighted by molar-refractivity contribution is 5.82. The molecule has 1 N–H and O–H groups in total. The van der Waals surface area contributed by atoms with Gasteiger partial charge in [0.2, 0.25) is 5.91 Å². The van der Waals surface area contributed by atoms with Crippen molar-refractivity contribution in [2.45, 2.75) is 57.5 Å². The molecule has 3 heterocycles. The van der Waals surface area contributed by atoms with Crippen LogP contribution in [0.15, 0.2) is 24.5 Å². The van der Waals surface area contributed by atoms with Crippen molar-refractivity contribution in [2.24, 2.45) is 0 Å². The minimum absolute atomic E-state index is 0.103. The Morgan fingerprint density at radius 3 is 2.70 bits per heavy atom. The standard InChI is InChI=1S/C20H28N6O/c1-2-25-13-12-22-20(27)17(25)14-18-23-19(15-8-10-21-11-9-15)24-26(18)16-6-4-3-5-7-16/h8-11,16-17H,2-7,12-14H2,1H3,(H,22,27)/t17-/m0/s1. The van der Waals surface area contributed by atoms with E-state index in [4.69, 9.17) is 10.1 Å². The first kappa shape index (κ1) is 18.1. The Hall–Kier alpha value is -2.28. The van der Waals surface area contributed by atoms with E-state index in [-0.39, 0.29) is 11.9 Å². The Morgan fingerprint density at radius 1 is 1.19 bits per heavy atom. The van der Waals surface area contributed by atoms with Crippen LogP contribution in [-0.2, 0) is 11.2 Å². The third-order valence-electron chi connectivity index (χ3n) is 5.78. The summed E-state index contributed by atoms with van der Waals surface area (Å²) in [4.78, 5) is 23.7. The van der Waals surface area contributed by atoms with Crippen LogP contribution in [0.4, 0.5) is 0 Å². The molecular formula is C20H28N6O. The molecule has 7 heteroatoms. The lowest BCUT2D eigenvalue weighted by Gasteiger charge is -2.34. The molecule has 1 aliphatic heterocycles. The fraction of sp³-hybridized carbons (Fsp3) is 0.600. The number of nitrogens with zero attached hydrogens (tertiary/aromatic N) is 5. The normalized spacial score (nSPS) is 22.0. The number of nitrogens with one attached hydrogen (secondary N) is 1. The molecule has 1 atom stereocenters. The van der Waals surface area contributed by atoms with Gasteiger partial charge in [-0.15, -0.1) is 0 Å². The maximum absolute atomic E-state index is 12.5. The third kappa shape index (κ3) is 3.88. The van der Waals surface area contributed by atoms with E-state index in [1.165, 1.54) is 19.3 Å². The molecule has 0 radical (unpaired) electrons. The molecule has 7 nitrogen and oxygen atoms in total. The summed E-state index contributed by atoms with van der Waals surface area (Å²) >= 11 is 0. The van der Waals surface area contributed by atoms with Crippen LogP contribution < -0.4 is 5.32 Å². The van der Waals surface area contributed by atoms with Crippen molar-refractivity contribution in [3.8, 4) is 11.4 Å². The maximum atomic E-state index is 12.5. The number of hydrogen-bond acceptors (Lipinski definition) is 5. The van der Waals surface area contributed by atoms with Crippen LogP contribution in [-0.4, -0.2) is 56.2 Å². The van der Waals surface area contributed by atoms with Crippen LogP contribution in [0.2, 0.25) is 0 Å². The Bertz CT molecular complexity index is 768. The van der Waals surface area contributed by atoms with Gasteiger partial charge in [-0.2, -0.15) is 5.10 Å². The summed E-state index contributed by atoms with van der Waals surface area (Å²) in [5.74, 6) is 1.76. The molecule has 0 spiro atoms. The molecule has 0 aromatic carbocycles. The van der Waals surface area contributed by atoms with Gasteiger partial charge in [0.1, 0.15) is 5.82 Å². The summed E-state index contributed by atoms with van der Waals surface area (Å²) in [6, 6.07) is 4.10. The molecule has 144 valence electrons. The lowest BCUT2D eigenvalue weighted by molar-refractivity contribution is -0.128. The average molecular weight is 368 g/mol. The van der Waals surface area contributed by atoms with E-state index in [1.54, 1.807) is 12.4 Å². The summed E-state index contributed by atoms with van der Waals surface area (Å²) in [5.41, 5.74) is 0.973. The van der Waals surface area contributed by atoms with Crippen LogP contribution >= 0.6 is 0 Å². The van der Waals surface area contributed by atoms with Crippen LogP contribution in [0, 0.1) is 0 Å². The van der Waals surface area contributed by atoms with Crippen LogP contribution in [0.5, 0.6) is 0 Å². The molecule has 2 aliphatic rings. The van der Waals surface area contributed by atoms with Crippen LogP contribution in [0.1, 0.15) is 50.9 Å². The average Bonchev–Trinajstić information content (AvgIpc) is 3.15. The maximum Gasteiger partial charge on any atom is 0.237 e. The zero-order chi connectivity index (χ0) is 18.6. The van der Waals surface area contributed by atoms with Crippen molar-refractivity contribution in [1.29, 1.82) is 0 Å². The molecule has 0 unspecified atom stereocenters. The summed E-state index contributed by atoms with van der Waals surface area (Å²) in [6.07, 6.45) is 10.2. The first-order valence-corrected chi connectivity index (χ1v) is 10.1. The molecule has 1 aliphatic carbocycles. The minimum Gasteiger partial charge on any atom is -0.353 e. The van der Waals surface area contributed by atoms with Gasteiger partial charge < -0.3 is 5.32 Å². The van der Waals surface area contributed by atoms with Gasteiger partial charge in [-0.3, -0.25) is 14.7 Å². The second kappa shape index (κ2) is 8.17. The van der Waals surface area contributed by atoms with Crippen molar-refractivity contribution >= 4 is 5.91 Å². The van der Waals surface area contributed by atoms with Gasteiger partial charge in [0, 0.05) is 37.5 Å². The second-order valence-corrected chi connectivity index (χ2v) is 7.46. The molecule has 27 heavy (non-hydrogen) atoms. The van der Waals surface area contributed by atoms with Gasteiger partial charge in [-0.25, -0.2) is 9.67 Å². The van der Waals surface area contributed by atoms with E-state index in [0.29, 0.717) is 12.5 Å². The lowest BCUT2D eigenvalue weighted by atomic mass is 9.95. The smallest absolute Gasteiger partial charge is 0.237 e. The number of aromatic nitrogens is 4. The predicted octanol–water partition coefficient (Wildman–Crippen LogP) is 2.21. The van der Waals surface area contributed by atoms with E-state index < -0.39 is 0 Å². The zero-order valence-electron chi connectivity index (χ0n) is 16.0. The largest absolute Gasteiger partial charge is 0.353 e. The number of pyridine rings is 1. The molecule has 0 bridgehead atoms. The fourth-order valence-electron chi connectivity index (χ4n) is 4.27. The Kier molecular flexibility index (Phi) is 5.48. The quantitative estimate of drug-likeness (QED) is 0.876. The zero-order valence-corrected chi connectivity index (χ0v) is 16.0. The predicted molar refractivity (Wildman–Crippen MR) is 103 cm³/mol. The van der Waals surface area contributed by atoms with E-state index in [2.05, 4.69) is 26.8 Å². The molecule has 2 aromatic rings. The van der Waals surface area contributed by atoms with Gasteiger partial charge in [-0.1, -0.05) is 26.2 Å². The summed E-state index contributed by atoms with van der Waals surface area (Å²) in [7, 11) is 0. The lowest BCUT2D eigenvalue weighted by Crippen LogP contribution is -2.56. The number of hydrogen-bond donors (Lipinski definition) is 1. The van der Waals surface area contributed by atoms with Crippen molar-refractivity contribution in [1.82, 2.24) is 30.0 Å². The van der Waals surface area contributed by atoms with E-state index >= 15 is 0 Å². The molecule has 1 saturated heterocycles. The SMILES string of the molecule is CCN1CCNC(=O)[C@@H]1Cc1nc(-c2ccncc2)nn1C1CCCCC1. The van der Waals surface area contributed by atoms with Crippen molar-refractivity contribution in [2.75, 3.05) is 19.6 Å². The van der Waals surface area contributed by atoms with Crippen molar-refractivity contribution < 1.29 is 4.79 Å². The fourth-order valence-corrected chi connectivity index (χ4v) is 4.27. The minimum atomic E-state index is -0.166. The van der Waals surface area contributed by atoms with Crippen LogP contribution in [0.25, 0.3) is 11.4 Å². The number of carbonyl (C=O) groups is 1. The van der Waals surface area contributed by atoms with Gasteiger partial charge in [0.25, 0.3) is 0 Å². The van der Waals surface area contributed by atoms with Crippen LogP contribution in [0.3, 0.4) is 0 Å². The van der Waals surface area contributed by atoms with Gasteiger partial charge in [-0.05, 0) is 31.5 Å². The summed E-state index contributed by atoms with van der Waals surface area (Å²) < 4.78 is 2.12. The van der Waals surface area contributed by atoms with E-state index in [9.17, 15) is 4.79 Å². The van der Waals surface area contributed by atoms with Crippen molar-refractivity contribution in [3.63, 3.8) is 0 Å². The molecule has 2 aromatic heterocycles. The van der Waals surface area contributed by atoms with Crippen molar-refractivity contribution in [3.05, 3.63) is 30.4 Å². The monoisotopic (exact) mass is 368 g/mol. The third-order valence-corrected chi connectivity index (χ3v) is 5.78. The van der Waals surface area contributed by atoms with E-state index in [0.717, 1.165) is 49.7 Å². The van der Waals surface area contributed by atoms with Gasteiger partial charge >= 0.3 is 0 Å². The Labute approximate surface area is 160 Å². The highest BCUT2D eigenvalue weighted by Gasteiger charge is 2.32.